The van der Waals surface area contributed by atoms with Gasteiger partial charge in [-0.3, -0.25) is 0 Å². The van der Waals surface area contributed by atoms with Crippen molar-refractivity contribution in [2.45, 2.75) is 6.04 Å². The lowest BCUT2D eigenvalue weighted by molar-refractivity contribution is 0.266. The molecule has 1 unspecified atom stereocenters. The third-order valence-corrected chi connectivity index (χ3v) is 2.43. The van der Waals surface area contributed by atoms with Gasteiger partial charge < -0.3 is 15.8 Å². The fourth-order valence-corrected chi connectivity index (χ4v) is 1.65. The van der Waals surface area contributed by atoms with Gasteiger partial charge in [0.05, 0.1) is 12.6 Å². The molecule has 0 amide bonds. The Morgan fingerprint density at radius 1 is 1.20 bits per heavy atom. The lowest BCUT2D eigenvalue weighted by atomic mass is 10.0. The van der Waals surface area contributed by atoms with Crippen molar-refractivity contribution < 1.29 is 5.11 Å². The van der Waals surface area contributed by atoms with E-state index in [9.17, 15) is 0 Å². The van der Waals surface area contributed by atoms with Crippen molar-refractivity contribution in [1.29, 1.82) is 0 Å². The number of aromatic nitrogens is 1. The molecule has 78 valence electrons. The summed E-state index contributed by atoms with van der Waals surface area (Å²) in [5.74, 6) is 0. The molecule has 1 heterocycles. The smallest absolute Gasteiger partial charge is 0.0689 e. The van der Waals surface area contributed by atoms with E-state index in [1.807, 2.05) is 42.6 Å². The zero-order chi connectivity index (χ0) is 10.7. The van der Waals surface area contributed by atoms with E-state index < -0.39 is 0 Å². The molecule has 1 aromatic heterocycles. The standard InChI is InChI=1S/C12H14N2O/c13-11(8-15)12-10(6-7-14-12)9-4-2-1-3-5-9/h1-7,11,14-15H,8,13H2. The van der Waals surface area contributed by atoms with E-state index in [1.165, 1.54) is 0 Å². The molecule has 15 heavy (non-hydrogen) atoms. The van der Waals surface area contributed by atoms with Crippen LogP contribution >= 0.6 is 0 Å². The van der Waals surface area contributed by atoms with E-state index in [-0.39, 0.29) is 12.6 Å². The van der Waals surface area contributed by atoms with Crippen LogP contribution in [0.4, 0.5) is 0 Å². The van der Waals surface area contributed by atoms with Crippen molar-refractivity contribution in [3.05, 3.63) is 48.3 Å². The summed E-state index contributed by atoms with van der Waals surface area (Å²) in [6.45, 7) is -0.0552. The van der Waals surface area contributed by atoms with E-state index in [4.69, 9.17) is 10.8 Å². The summed E-state index contributed by atoms with van der Waals surface area (Å²) in [7, 11) is 0. The minimum absolute atomic E-state index is 0.0552. The van der Waals surface area contributed by atoms with Crippen LogP contribution in [-0.2, 0) is 0 Å². The Bertz CT molecular complexity index is 422. The molecule has 3 heteroatoms. The van der Waals surface area contributed by atoms with Crippen LogP contribution in [0.3, 0.4) is 0 Å². The van der Waals surface area contributed by atoms with Gasteiger partial charge in [-0.25, -0.2) is 0 Å². The van der Waals surface area contributed by atoms with Crippen LogP contribution in [0.25, 0.3) is 11.1 Å². The quantitative estimate of drug-likeness (QED) is 0.709. The van der Waals surface area contributed by atoms with Crippen molar-refractivity contribution in [3.8, 4) is 11.1 Å². The van der Waals surface area contributed by atoms with Crippen LogP contribution in [0.15, 0.2) is 42.6 Å². The molecular weight excluding hydrogens is 188 g/mol. The Morgan fingerprint density at radius 3 is 2.60 bits per heavy atom. The minimum Gasteiger partial charge on any atom is -0.394 e. The highest BCUT2D eigenvalue weighted by Crippen LogP contribution is 2.25. The Labute approximate surface area is 88.6 Å². The molecule has 4 N–H and O–H groups in total. The van der Waals surface area contributed by atoms with Gasteiger partial charge in [0.15, 0.2) is 0 Å². The number of hydrogen-bond acceptors (Lipinski definition) is 2. The first-order valence-electron chi connectivity index (χ1n) is 4.92. The highest BCUT2D eigenvalue weighted by Gasteiger charge is 2.12. The predicted molar refractivity (Wildman–Crippen MR) is 60.2 cm³/mol. The number of nitrogens with two attached hydrogens (primary N) is 1. The Balaban J connectivity index is 2.41. The average molecular weight is 202 g/mol. The highest BCUT2D eigenvalue weighted by molar-refractivity contribution is 5.66. The molecule has 0 fully saturated rings. The Kier molecular flexibility index (Phi) is 2.85. The van der Waals surface area contributed by atoms with Gasteiger partial charge in [-0.1, -0.05) is 30.3 Å². The monoisotopic (exact) mass is 202 g/mol. The average Bonchev–Trinajstić information content (AvgIpc) is 2.78. The molecule has 0 bridgehead atoms. The maximum atomic E-state index is 9.03. The van der Waals surface area contributed by atoms with Gasteiger partial charge in [0.2, 0.25) is 0 Å². The van der Waals surface area contributed by atoms with Crippen molar-refractivity contribution in [2.24, 2.45) is 5.73 Å². The molecule has 3 nitrogen and oxygen atoms in total. The lowest BCUT2D eigenvalue weighted by Crippen LogP contribution is -2.15. The second kappa shape index (κ2) is 4.29. The molecular formula is C12H14N2O. The van der Waals surface area contributed by atoms with Gasteiger partial charge in [0.1, 0.15) is 0 Å². The molecule has 2 aromatic rings. The first kappa shape index (κ1) is 9.96. The number of benzene rings is 1. The van der Waals surface area contributed by atoms with E-state index in [0.29, 0.717) is 0 Å². The van der Waals surface area contributed by atoms with Crippen LogP contribution in [-0.4, -0.2) is 16.7 Å². The van der Waals surface area contributed by atoms with Crippen LogP contribution in [0.5, 0.6) is 0 Å². The summed E-state index contributed by atoms with van der Waals surface area (Å²) in [5.41, 5.74) is 8.84. The summed E-state index contributed by atoms with van der Waals surface area (Å²) in [5, 5.41) is 9.03. The van der Waals surface area contributed by atoms with Gasteiger partial charge in [-0.2, -0.15) is 0 Å². The molecule has 2 rings (SSSR count). The topological polar surface area (TPSA) is 62.0 Å². The molecule has 0 saturated carbocycles. The zero-order valence-electron chi connectivity index (χ0n) is 8.35. The van der Waals surface area contributed by atoms with Crippen LogP contribution < -0.4 is 5.73 Å². The largest absolute Gasteiger partial charge is 0.394 e. The van der Waals surface area contributed by atoms with Gasteiger partial charge >= 0.3 is 0 Å². The number of aliphatic hydroxyl groups is 1. The third kappa shape index (κ3) is 1.93. The Morgan fingerprint density at radius 2 is 1.93 bits per heavy atom. The molecule has 0 radical (unpaired) electrons. The van der Waals surface area contributed by atoms with Crippen LogP contribution in [0, 0.1) is 0 Å². The Hall–Kier alpha value is -1.58. The van der Waals surface area contributed by atoms with Gasteiger partial charge in [0.25, 0.3) is 0 Å². The number of aromatic amines is 1. The summed E-state index contributed by atoms with van der Waals surface area (Å²) >= 11 is 0. The van der Waals surface area contributed by atoms with Gasteiger partial charge in [-0.15, -0.1) is 0 Å². The molecule has 1 atom stereocenters. The summed E-state index contributed by atoms with van der Waals surface area (Å²) in [6, 6.07) is 11.6. The molecule has 0 saturated heterocycles. The van der Waals surface area contributed by atoms with Gasteiger partial charge in [-0.05, 0) is 11.6 Å². The maximum Gasteiger partial charge on any atom is 0.0689 e. The van der Waals surface area contributed by atoms with Gasteiger partial charge in [0, 0.05) is 17.5 Å². The number of rotatable bonds is 3. The summed E-state index contributed by atoms with van der Waals surface area (Å²) < 4.78 is 0. The maximum absolute atomic E-state index is 9.03. The number of H-pyrrole nitrogens is 1. The first-order valence-corrected chi connectivity index (χ1v) is 4.92. The molecule has 0 spiro atoms. The summed E-state index contributed by atoms with van der Waals surface area (Å²) in [6.07, 6.45) is 1.84. The second-order valence-corrected chi connectivity index (χ2v) is 3.46. The molecule has 0 aliphatic carbocycles. The zero-order valence-corrected chi connectivity index (χ0v) is 8.35. The lowest BCUT2D eigenvalue weighted by Gasteiger charge is -2.09. The van der Waals surface area contributed by atoms with E-state index in [2.05, 4.69) is 4.98 Å². The highest BCUT2D eigenvalue weighted by atomic mass is 16.3. The van der Waals surface area contributed by atoms with E-state index in [0.717, 1.165) is 16.8 Å². The minimum atomic E-state index is -0.352. The van der Waals surface area contributed by atoms with E-state index in [1.54, 1.807) is 0 Å². The fraction of sp³-hybridized carbons (Fsp3) is 0.167. The summed E-state index contributed by atoms with van der Waals surface area (Å²) in [4.78, 5) is 3.07. The fourth-order valence-electron chi connectivity index (χ4n) is 1.65. The molecule has 1 aromatic carbocycles. The SMILES string of the molecule is NC(CO)c1[nH]ccc1-c1ccccc1. The van der Waals surface area contributed by atoms with E-state index >= 15 is 0 Å². The normalized spacial score (nSPS) is 12.7. The van der Waals surface area contributed by atoms with Crippen molar-refractivity contribution in [3.63, 3.8) is 0 Å². The molecule has 0 aliphatic heterocycles. The number of aliphatic hydroxyl groups excluding tert-OH is 1. The third-order valence-electron chi connectivity index (χ3n) is 2.43. The van der Waals surface area contributed by atoms with Crippen LogP contribution in [0.2, 0.25) is 0 Å². The van der Waals surface area contributed by atoms with Crippen LogP contribution in [0.1, 0.15) is 11.7 Å². The number of hydrogen-bond donors (Lipinski definition) is 3. The van der Waals surface area contributed by atoms with Crippen molar-refractivity contribution in [2.75, 3.05) is 6.61 Å². The predicted octanol–water partition coefficient (Wildman–Crippen LogP) is 1.67. The van der Waals surface area contributed by atoms with Crippen molar-refractivity contribution >= 4 is 0 Å². The van der Waals surface area contributed by atoms with Crippen molar-refractivity contribution in [1.82, 2.24) is 4.98 Å². The molecule has 0 aliphatic rings. The first-order chi connectivity index (χ1) is 7.33. The number of nitrogens with one attached hydrogen (secondary N) is 1. The second-order valence-electron chi connectivity index (χ2n) is 3.46.